The predicted molar refractivity (Wildman–Crippen MR) is 74.5 cm³/mol. The summed E-state index contributed by atoms with van der Waals surface area (Å²) in [6, 6.07) is 0.151. The second-order valence-corrected chi connectivity index (χ2v) is 4.74. The molecule has 1 unspecified atom stereocenters. The molecule has 8 heteroatoms. The largest absolute Gasteiger partial charge is 0.357 e. The maximum Gasteiger partial charge on any atom is 0.329 e. The molecule has 100 valence electrons. The Balaban J connectivity index is 3.14. The second kappa shape index (κ2) is 6.39. The molecule has 0 amide bonds. The van der Waals surface area contributed by atoms with Crippen molar-refractivity contribution in [3.8, 4) is 0 Å². The summed E-state index contributed by atoms with van der Waals surface area (Å²) in [6.45, 7) is 2.00. The molecule has 0 bridgehead atoms. The first-order chi connectivity index (χ1) is 8.51. The van der Waals surface area contributed by atoms with Crippen LogP contribution in [0.2, 0.25) is 0 Å². The molecule has 0 aliphatic carbocycles. The van der Waals surface area contributed by atoms with Gasteiger partial charge in [-0.1, -0.05) is 0 Å². The Labute approximate surface area is 110 Å². The van der Waals surface area contributed by atoms with Crippen LogP contribution in [-0.2, 0) is 0 Å². The zero-order valence-electron chi connectivity index (χ0n) is 10.9. The molecule has 0 saturated carbocycles. The zero-order valence-corrected chi connectivity index (χ0v) is 11.7. The van der Waals surface area contributed by atoms with Crippen LogP contribution in [0.15, 0.2) is 6.20 Å². The number of rotatable bonds is 6. The second-order valence-electron chi connectivity index (χ2n) is 3.82. The number of nitrogens with zero attached hydrogens (tertiary/aromatic N) is 4. The summed E-state index contributed by atoms with van der Waals surface area (Å²) in [4.78, 5) is 20.4. The first-order valence-corrected chi connectivity index (χ1v) is 6.81. The van der Waals surface area contributed by atoms with E-state index in [0.29, 0.717) is 11.8 Å². The van der Waals surface area contributed by atoms with Crippen molar-refractivity contribution in [1.82, 2.24) is 9.97 Å². The van der Waals surface area contributed by atoms with Gasteiger partial charge in [0.15, 0.2) is 0 Å². The third-order valence-corrected chi connectivity index (χ3v) is 3.39. The van der Waals surface area contributed by atoms with Crippen LogP contribution < -0.4 is 10.2 Å². The van der Waals surface area contributed by atoms with E-state index in [1.807, 2.05) is 13.2 Å². The molecule has 0 spiro atoms. The fourth-order valence-electron chi connectivity index (χ4n) is 1.44. The molecule has 0 aromatic carbocycles. The fourth-order valence-corrected chi connectivity index (χ4v) is 2.14. The number of nitro groups is 1. The first kappa shape index (κ1) is 14.5. The minimum Gasteiger partial charge on any atom is -0.357 e. The molecular weight excluding hydrogens is 254 g/mol. The number of thioether (sulfide) groups is 1. The van der Waals surface area contributed by atoms with Gasteiger partial charge in [0, 0.05) is 25.9 Å². The minimum atomic E-state index is -0.461. The van der Waals surface area contributed by atoms with Gasteiger partial charge in [0.1, 0.15) is 6.20 Å². The van der Waals surface area contributed by atoms with Crippen LogP contribution >= 0.6 is 11.8 Å². The van der Waals surface area contributed by atoms with Crippen LogP contribution in [0.5, 0.6) is 0 Å². The normalized spacial score (nSPS) is 12.0. The Kier molecular flexibility index (Phi) is 5.14. The maximum atomic E-state index is 11.0. The number of aromatic nitrogens is 2. The van der Waals surface area contributed by atoms with E-state index >= 15 is 0 Å². The summed E-state index contributed by atoms with van der Waals surface area (Å²) in [5, 5.41) is 13.8. The van der Waals surface area contributed by atoms with E-state index in [1.54, 1.807) is 30.8 Å². The third-order valence-electron chi connectivity index (χ3n) is 2.57. The molecule has 0 aliphatic rings. The Bertz CT molecular complexity index is 429. The fraction of sp³-hybridized carbons (Fsp3) is 0.600. The topological polar surface area (TPSA) is 84.2 Å². The standard InChI is InChI=1S/C10H17N5O2S/c1-7(6-18-4)14(3)9-8(15(16)17)5-12-10(11-2)13-9/h5,7H,6H2,1-4H3,(H,11,12,13). The summed E-state index contributed by atoms with van der Waals surface area (Å²) >= 11 is 1.69. The molecule has 0 saturated heterocycles. The first-order valence-electron chi connectivity index (χ1n) is 5.42. The molecule has 1 N–H and O–H groups in total. The molecule has 18 heavy (non-hydrogen) atoms. The van der Waals surface area contributed by atoms with Crippen LogP contribution in [0.1, 0.15) is 6.92 Å². The summed E-state index contributed by atoms with van der Waals surface area (Å²) in [5.41, 5.74) is -0.0792. The highest BCUT2D eigenvalue weighted by Crippen LogP contribution is 2.26. The lowest BCUT2D eigenvalue weighted by Crippen LogP contribution is -2.32. The summed E-state index contributed by atoms with van der Waals surface area (Å²) < 4.78 is 0. The molecule has 1 atom stereocenters. The average molecular weight is 271 g/mol. The van der Waals surface area contributed by atoms with Crippen LogP contribution in [0.3, 0.4) is 0 Å². The van der Waals surface area contributed by atoms with Gasteiger partial charge in [0.05, 0.1) is 4.92 Å². The lowest BCUT2D eigenvalue weighted by Gasteiger charge is -2.25. The molecule has 1 aromatic rings. The van der Waals surface area contributed by atoms with Gasteiger partial charge in [-0.05, 0) is 13.2 Å². The van der Waals surface area contributed by atoms with Crippen molar-refractivity contribution in [3.63, 3.8) is 0 Å². The van der Waals surface area contributed by atoms with E-state index in [1.165, 1.54) is 6.20 Å². The SMILES string of the molecule is CNc1ncc([N+](=O)[O-])c(N(C)C(C)CSC)n1. The number of hydrogen-bond acceptors (Lipinski definition) is 7. The number of anilines is 2. The summed E-state index contributed by atoms with van der Waals surface area (Å²) in [6.07, 6.45) is 3.23. The lowest BCUT2D eigenvalue weighted by molar-refractivity contribution is -0.384. The summed E-state index contributed by atoms with van der Waals surface area (Å²) in [7, 11) is 3.48. The molecule has 7 nitrogen and oxygen atoms in total. The van der Waals surface area contributed by atoms with Gasteiger partial charge < -0.3 is 10.2 Å². The third kappa shape index (κ3) is 3.22. The quantitative estimate of drug-likeness (QED) is 0.621. The maximum absolute atomic E-state index is 11.0. The van der Waals surface area contributed by atoms with Gasteiger partial charge >= 0.3 is 5.69 Å². The highest BCUT2D eigenvalue weighted by Gasteiger charge is 2.23. The van der Waals surface area contributed by atoms with Crippen LogP contribution in [0.4, 0.5) is 17.5 Å². The van der Waals surface area contributed by atoms with Crippen molar-refractivity contribution < 1.29 is 4.92 Å². The van der Waals surface area contributed by atoms with Gasteiger partial charge in [-0.15, -0.1) is 0 Å². The van der Waals surface area contributed by atoms with Crippen molar-refractivity contribution in [2.24, 2.45) is 0 Å². The smallest absolute Gasteiger partial charge is 0.329 e. The Morgan fingerprint density at radius 3 is 2.83 bits per heavy atom. The highest BCUT2D eigenvalue weighted by atomic mass is 32.2. The minimum absolute atomic E-state index is 0.0792. The van der Waals surface area contributed by atoms with E-state index in [-0.39, 0.29) is 11.7 Å². The predicted octanol–water partition coefficient (Wildman–Crippen LogP) is 1.61. The Hall–Kier alpha value is -1.57. The van der Waals surface area contributed by atoms with Crippen molar-refractivity contribution in [2.45, 2.75) is 13.0 Å². The highest BCUT2D eigenvalue weighted by molar-refractivity contribution is 7.98. The van der Waals surface area contributed by atoms with Crippen LogP contribution in [0.25, 0.3) is 0 Å². The van der Waals surface area contributed by atoms with Gasteiger partial charge in [-0.3, -0.25) is 10.1 Å². The van der Waals surface area contributed by atoms with Crippen LogP contribution in [0, 0.1) is 10.1 Å². The van der Waals surface area contributed by atoms with Gasteiger partial charge in [0.25, 0.3) is 0 Å². The molecular formula is C10H17N5O2S. The van der Waals surface area contributed by atoms with Crippen molar-refractivity contribution in [3.05, 3.63) is 16.3 Å². The molecule has 0 radical (unpaired) electrons. The van der Waals surface area contributed by atoms with Crippen molar-refractivity contribution in [1.29, 1.82) is 0 Å². The van der Waals surface area contributed by atoms with Gasteiger partial charge in [0.2, 0.25) is 11.8 Å². The number of nitrogens with one attached hydrogen (secondary N) is 1. The van der Waals surface area contributed by atoms with Gasteiger partial charge in [-0.25, -0.2) is 4.98 Å². The van der Waals surface area contributed by atoms with E-state index in [9.17, 15) is 10.1 Å². The van der Waals surface area contributed by atoms with Crippen molar-refractivity contribution in [2.75, 3.05) is 36.3 Å². The molecule has 0 aliphatic heterocycles. The molecule has 1 aromatic heterocycles. The molecule has 1 heterocycles. The molecule has 1 rings (SSSR count). The zero-order chi connectivity index (χ0) is 13.7. The van der Waals surface area contributed by atoms with Crippen LogP contribution in [-0.4, -0.2) is 47.0 Å². The van der Waals surface area contributed by atoms with E-state index in [0.717, 1.165) is 5.75 Å². The van der Waals surface area contributed by atoms with E-state index in [2.05, 4.69) is 15.3 Å². The van der Waals surface area contributed by atoms with Crippen molar-refractivity contribution >= 4 is 29.2 Å². The Morgan fingerprint density at radius 1 is 1.67 bits per heavy atom. The summed E-state index contributed by atoms with van der Waals surface area (Å²) in [5.74, 6) is 1.58. The molecule has 0 fully saturated rings. The average Bonchev–Trinajstić information content (AvgIpc) is 2.37. The number of hydrogen-bond donors (Lipinski definition) is 1. The van der Waals surface area contributed by atoms with E-state index in [4.69, 9.17) is 0 Å². The van der Waals surface area contributed by atoms with E-state index < -0.39 is 4.92 Å². The van der Waals surface area contributed by atoms with Gasteiger partial charge in [-0.2, -0.15) is 16.7 Å². The Morgan fingerprint density at radius 2 is 2.33 bits per heavy atom. The lowest BCUT2D eigenvalue weighted by atomic mass is 10.3. The monoisotopic (exact) mass is 271 g/mol.